The summed E-state index contributed by atoms with van der Waals surface area (Å²) in [5.41, 5.74) is 1.17. The minimum absolute atomic E-state index is 0.168. The van der Waals surface area contributed by atoms with Crippen LogP contribution in [0, 0.1) is 0 Å². The fourth-order valence-electron chi connectivity index (χ4n) is 2.64. The number of hydrogen-bond donors (Lipinski definition) is 2. The largest absolute Gasteiger partial charge is 0.395 e. The molecule has 1 aliphatic rings. The van der Waals surface area contributed by atoms with E-state index in [9.17, 15) is 5.11 Å². The average molecular weight is 278 g/mol. The van der Waals surface area contributed by atoms with E-state index in [2.05, 4.69) is 34.0 Å². The van der Waals surface area contributed by atoms with Crippen molar-refractivity contribution in [2.45, 2.75) is 52.0 Å². The fraction of sp³-hybridized carbons (Fsp3) is 0.733. The van der Waals surface area contributed by atoms with Gasteiger partial charge in [-0.2, -0.15) is 0 Å². The number of aliphatic hydroxyl groups is 1. The van der Waals surface area contributed by atoms with Gasteiger partial charge in [0.1, 0.15) is 18.0 Å². The van der Waals surface area contributed by atoms with Crippen LogP contribution in [0.5, 0.6) is 0 Å². The maximum absolute atomic E-state index is 9.34. The third kappa shape index (κ3) is 3.20. The quantitative estimate of drug-likeness (QED) is 0.763. The van der Waals surface area contributed by atoms with Gasteiger partial charge < -0.3 is 15.3 Å². The molecule has 0 amide bonds. The van der Waals surface area contributed by atoms with Crippen LogP contribution in [0.4, 0.5) is 11.6 Å². The van der Waals surface area contributed by atoms with E-state index < -0.39 is 0 Å². The number of aromatic nitrogens is 2. The lowest BCUT2D eigenvalue weighted by molar-refractivity contribution is 0.282. The van der Waals surface area contributed by atoms with E-state index in [1.54, 1.807) is 6.33 Å². The summed E-state index contributed by atoms with van der Waals surface area (Å²) in [7, 11) is 0. The number of hydrogen-bond acceptors (Lipinski definition) is 5. The molecule has 5 nitrogen and oxygen atoms in total. The van der Waals surface area contributed by atoms with E-state index in [0.717, 1.165) is 31.0 Å². The summed E-state index contributed by atoms with van der Waals surface area (Å²) in [6.45, 7) is 6.03. The first-order valence-electron chi connectivity index (χ1n) is 7.77. The summed E-state index contributed by atoms with van der Waals surface area (Å²) in [4.78, 5) is 11.2. The molecule has 2 N–H and O–H groups in total. The van der Waals surface area contributed by atoms with Gasteiger partial charge in [0.05, 0.1) is 6.61 Å². The number of anilines is 2. The molecule has 0 radical (unpaired) electrons. The average Bonchev–Trinajstić information content (AvgIpc) is 2.42. The lowest BCUT2D eigenvalue weighted by Gasteiger charge is -2.39. The normalized spacial score (nSPS) is 14.9. The minimum atomic E-state index is 0.168. The van der Waals surface area contributed by atoms with Crippen LogP contribution >= 0.6 is 0 Å². The predicted molar refractivity (Wildman–Crippen MR) is 82.3 cm³/mol. The van der Waals surface area contributed by atoms with Crippen molar-refractivity contribution in [1.82, 2.24) is 9.97 Å². The van der Waals surface area contributed by atoms with E-state index in [1.807, 2.05) is 0 Å². The molecule has 1 heterocycles. The number of aliphatic hydroxyl groups excluding tert-OH is 1. The molecular formula is C15H26N4O. The maximum Gasteiger partial charge on any atom is 0.137 e. The molecule has 0 unspecified atom stereocenters. The molecule has 1 fully saturated rings. The zero-order chi connectivity index (χ0) is 14.4. The molecule has 112 valence electrons. The van der Waals surface area contributed by atoms with Crippen LogP contribution in [0.2, 0.25) is 0 Å². The Balaban J connectivity index is 2.27. The van der Waals surface area contributed by atoms with Crippen molar-refractivity contribution in [1.29, 1.82) is 0 Å². The third-order valence-corrected chi connectivity index (χ3v) is 3.95. The van der Waals surface area contributed by atoms with Crippen molar-refractivity contribution >= 4 is 11.6 Å². The van der Waals surface area contributed by atoms with Crippen LogP contribution < -0.4 is 10.2 Å². The summed E-state index contributed by atoms with van der Waals surface area (Å²) in [6, 6.07) is 0.529. The van der Waals surface area contributed by atoms with Gasteiger partial charge in [0.25, 0.3) is 0 Å². The highest BCUT2D eigenvalue weighted by molar-refractivity contribution is 5.59. The Kier molecular flexibility index (Phi) is 5.59. The van der Waals surface area contributed by atoms with Gasteiger partial charge in [-0.15, -0.1) is 0 Å². The second kappa shape index (κ2) is 7.43. The maximum atomic E-state index is 9.34. The fourth-order valence-corrected chi connectivity index (χ4v) is 2.64. The second-order valence-corrected chi connectivity index (χ2v) is 5.31. The van der Waals surface area contributed by atoms with Crippen LogP contribution in [-0.4, -0.2) is 40.8 Å². The molecule has 0 atom stereocenters. The van der Waals surface area contributed by atoms with Crippen molar-refractivity contribution in [3.63, 3.8) is 0 Å². The smallest absolute Gasteiger partial charge is 0.137 e. The van der Waals surface area contributed by atoms with Crippen molar-refractivity contribution in [3.05, 3.63) is 11.9 Å². The molecule has 20 heavy (non-hydrogen) atoms. The van der Waals surface area contributed by atoms with Crippen molar-refractivity contribution in [2.75, 3.05) is 29.9 Å². The molecule has 1 aliphatic carbocycles. The molecule has 0 aromatic carbocycles. The summed E-state index contributed by atoms with van der Waals surface area (Å²) in [5.74, 6) is 1.95. The van der Waals surface area contributed by atoms with Gasteiger partial charge in [-0.05, 0) is 32.1 Å². The topological polar surface area (TPSA) is 61.3 Å². The first-order valence-corrected chi connectivity index (χ1v) is 7.77. The highest BCUT2D eigenvalue weighted by Gasteiger charge is 2.27. The zero-order valence-electron chi connectivity index (χ0n) is 12.6. The first-order chi connectivity index (χ1) is 9.81. The monoisotopic (exact) mass is 278 g/mol. The Morgan fingerprint density at radius 2 is 2.15 bits per heavy atom. The van der Waals surface area contributed by atoms with Crippen molar-refractivity contribution < 1.29 is 5.11 Å². The molecule has 0 aliphatic heterocycles. The zero-order valence-corrected chi connectivity index (χ0v) is 12.6. The predicted octanol–water partition coefficient (Wildman–Crippen LogP) is 2.21. The van der Waals surface area contributed by atoms with Gasteiger partial charge in [0, 0.05) is 24.7 Å². The number of nitrogens with zero attached hydrogens (tertiary/aromatic N) is 3. The van der Waals surface area contributed by atoms with Gasteiger partial charge in [-0.3, -0.25) is 0 Å². The van der Waals surface area contributed by atoms with E-state index in [-0.39, 0.29) is 6.61 Å². The van der Waals surface area contributed by atoms with Gasteiger partial charge in [0.15, 0.2) is 0 Å². The Bertz CT molecular complexity index is 420. The Labute approximate surface area is 121 Å². The Morgan fingerprint density at radius 3 is 2.70 bits per heavy atom. The van der Waals surface area contributed by atoms with Gasteiger partial charge in [0.2, 0.25) is 0 Å². The van der Waals surface area contributed by atoms with Gasteiger partial charge in [-0.25, -0.2) is 9.97 Å². The molecule has 5 heteroatoms. The third-order valence-electron chi connectivity index (χ3n) is 3.95. The Morgan fingerprint density at radius 1 is 1.35 bits per heavy atom. The molecule has 2 rings (SSSR count). The highest BCUT2D eigenvalue weighted by atomic mass is 16.3. The summed E-state index contributed by atoms with van der Waals surface area (Å²) in [6.07, 6.45) is 7.29. The molecule has 1 saturated carbocycles. The van der Waals surface area contributed by atoms with Crippen molar-refractivity contribution in [2.24, 2.45) is 0 Å². The minimum Gasteiger partial charge on any atom is -0.395 e. The number of nitrogens with one attached hydrogen (secondary N) is 1. The molecule has 0 spiro atoms. The Hall–Kier alpha value is -1.36. The SMILES string of the molecule is CCCNc1ncnc(N(CCO)C2CCC2)c1CC. The lowest BCUT2D eigenvalue weighted by Crippen LogP contribution is -2.43. The van der Waals surface area contributed by atoms with Crippen LogP contribution in [0.15, 0.2) is 6.33 Å². The first kappa shape index (κ1) is 15.0. The van der Waals surface area contributed by atoms with E-state index in [1.165, 1.54) is 24.8 Å². The van der Waals surface area contributed by atoms with E-state index in [0.29, 0.717) is 12.6 Å². The van der Waals surface area contributed by atoms with E-state index >= 15 is 0 Å². The molecule has 0 bridgehead atoms. The molecular weight excluding hydrogens is 252 g/mol. The summed E-state index contributed by atoms with van der Waals surface area (Å²) < 4.78 is 0. The number of rotatable bonds is 8. The second-order valence-electron chi connectivity index (χ2n) is 5.31. The van der Waals surface area contributed by atoms with Crippen molar-refractivity contribution in [3.8, 4) is 0 Å². The van der Waals surface area contributed by atoms with E-state index in [4.69, 9.17) is 0 Å². The molecule has 1 aromatic rings. The summed E-state index contributed by atoms with van der Waals surface area (Å²) >= 11 is 0. The van der Waals surface area contributed by atoms with Crippen LogP contribution in [0.25, 0.3) is 0 Å². The summed E-state index contributed by atoms with van der Waals surface area (Å²) in [5, 5.41) is 12.7. The van der Waals surface area contributed by atoms with Crippen LogP contribution in [0.3, 0.4) is 0 Å². The standard InChI is InChI=1S/C15H26N4O/c1-3-8-16-14-13(4-2)15(18-11-17-14)19(9-10-20)12-6-5-7-12/h11-12,20H,3-10H2,1-2H3,(H,16,17,18). The molecule has 0 saturated heterocycles. The highest BCUT2D eigenvalue weighted by Crippen LogP contribution is 2.32. The van der Waals surface area contributed by atoms with Crippen LogP contribution in [-0.2, 0) is 6.42 Å². The van der Waals surface area contributed by atoms with Crippen LogP contribution in [0.1, 0.15) is 45.1 Å². The lowest BCUT2D eigenvalue weighted by atomic mass is 9.91. The molecule has 1 aromatic heterocycles. The van der Waals surface area contributed by atoms with Gasteiger partial charge >= 0.3 is 0 Å². The van der Waals surface area contributed by atoms with Gasteiger partial charge in [-0.1, -0.05) is 13.8 Å².